The Morgan fingerprint density at radius 1 is 1.12 bits per heavy atom. The molecule has 4 aromatic rings. The number of ether oxygens (including phenoxy) is 1. The number of nitrogens with one attached hydrogen (secondary N) is 1. The predicted octanol–water partition coefficient (Wildman–Crippen LogP) is 4.92. The van der Waals surface area contributed by atoms with Crippen molar-refractivity contribution in [1.82, 2.24) is 15.0 Å². The minimum Gasteiger partial charge on any atom is -0.432 e. The average Bonchev–Trinajstić information content (AvgIpc) is 3.71. The van der Waals surface area contributed by atoms with Crippen LogP contribution in [-0.4, -0.2) is 68.9 Å². The number of nitrogens with zero attached hydrogens (tertiary/aromatic N) is 4. The number of fused-ring (bicyclic) bond motifs is 2. The second-order valence-electron chi connectivity index (χ2n) is 13.6. The summed E-state index contributed by atoms with van der Waals surface area (Å²) in [6, 6.07) is 22.6. The third kappa shape index (κ3) is 6.75. The molecule has 2 aliphatic heterocycles. The minimum absolute atomic E-state index is 0.102. The fourth-order valence-corrected chi connectivity index (χ4v) is 10.5. The number of benzene rings is 3. The van der Waals surface area contributed by atoms with Crippen LogP contribution in [0.2, 0.25) is 18.6 Å². The number of aryl methyl sites for hydroxylation is 1. The SMILES string of the molecule is C[C@H](O)C(=O)Nc1cccc(CN2C(=O)[C@]3(O[C@H](CCn4cc(C(CO)c5ccccc5)nn4)[C@@H]([Si](C)(C)O)[C@@H]3C)c3cc(Br)ccc32)c1. The third-order valence-corrected chi connectivity index (χ3v) is 12.8. The van der Waals surface area contributed by atoms with E-state index in [0.717, 1.165) is 26.9 Å². The maximum absolute atomic E-state index is 14.8. The van der Waals surface area contributed by atoms with Crippen molar-refractivity contribution < 1.29 is 29.3 Å². The highest BCUT2D eigenvalue weighted by molar-refractivity contribution is 9.10. The fourth-order valence-electron chi connectivity index (χ4n) is 7.55. The van der Waals surface area contributed by atoms with Gasteiger partial charge in [-0.2, -0.15) is 0 Å². The number of aliphatic hydroxyl groups is 2. The first-order chi connectivity index (χ1) is 23.3. The molecule has 13 heteroatoms. The molecular formula is C36H42BrN5O6Si. The van der Waals surface area contributed by atoms with E-state index in [9.17, 15) is 24.6 Å². The molecule has 2 amide bonds. The molecule has 11 nitrogen and oxygen atoms in total. The summed E-state index contributed by atoms with van der Waals surface area (Å²) in [5.41, 5.74) is 2.82. The second-order valence-corrected chi connectivity index (χ2v) is 18.5. The Labute approximate surface area is 295 Å². The molecule has 1 unspecified atom stereocenters. The Kier molecular flexibility index (Phi) is 9.95. The molecule has 1 saturated heterocycles. The molecule has 0 bridgehead atoms. The highest BCUT2D eigenvalue weighted by Gasteiger charge is 2.66. The maximum atomic E-state index is 14.8. The van der Waals surface area contributed by atoms with Crippen LogP contribution in [0.3, 0.4) is 0 Å². The maximum Gasteiger partial charge on any atom is 0.264 e. The zero-order valence-corrected chi connectivity index (χ0v) is 30.5. The third-order valence-electron chi connectivity index (χ3n) is 9.80. The van der Waals surface area contributed by atoms with Gasteiger partial charge in [-0.15, -0.1) is 5.10 Å². The van der Waals surface area contributed by atoms with Gasteiger partial charge in [0.2, 0.25) is 0 Å². The summed E-state index contributed by atoms with van der Waals surface area (Å²) in [7, 11) is -2.88. The lowest BCUT2D eigenvalue weighted by molar-refractivity contribution is -0.146. The van der Waals surface area contributed by atoms with Crippen molar-refractivity contribution in [3.63, 3.8) is 0 Å². The largest absolute Gasteiger partial charge is 0.432 e. The van der Waals surface area contributed by atoms with Gasteiger partial charge in [0, 0.05) is 39.9 Å². The molecule has 1 aromatic heterocycles. The Hall–Kier alpha value is -3.72. The summed E-state index contributed by atoms with van der Waals surface area (Å²) in [6.07, 6.45) is 0.735. The van der Waals surface area contributed by atoms with Crippen LogP contribution in [0.5, 0.6) is 0 Å². The lowest BCUT2D eigenvalue weighted by Crippen LogP contribution is -2.46. The van der Waals surface area contributed by atoms with Crippen molar-refractivity contribution in [1.29, 1.82) is 0 Å². The van der Waals surface area contributed by atoms with Crippen LogP contribution in [0.15, 0.2) is 83.5 Å². The first kappa shape index (κ1) is 35.1. The highest BCUT2D eigenvalue weighted by Crippen LogP contribution is 2.60. The topological polar surface area (TPSA) is 150 Å². The second kappa shape index (κ2) is 13.9. The zero-order valence-electron chi connectivity index (χ0n) is 28.0. The molecule has 3 aromatic carbocycles. The number of aliphatic hydroxyl groups excluding tert-OH is 2. The first-order valence-corrected chi connectivity index (χ1v) is 20.3. The van der Waals surface area contributed by atoms with Crippen LogP contribution < -0.4 is 10.2 Å². The molecule has 0 aliphatic carbocycles. The van der Waals surface area contributed by atoms with Crippen molar-refractivity contribution in [2.75, 3.05) is 16.8 Å². The van der Waals surface area contributed by atoms with Gasteiger partial charge in [-0.05, 0) is 67.9 Å². The summed E-state index contributed by atoms with van der Waals surface area (Å²) in [5, 5.41) is 31.2. The predicted molar refractivity (Wildman–Crippen MR) is 191 cm³/mol. The lowest BCUT2D eigenvalue weighted by Gasteiger charge is -2.32. The van der Waals surface area contributed by atoms with E-state index in [2.05, 4.69) is 31.6 Å². The van der Waals surface area contributed by atoms with Crippen molar-refractivity contribution in [2.45, 2.75) is 75.7 Å². The molecule has 49 heavy (non-hydrogen) atoms. The Bertz CT molecular complexity index is 1830. The molecule has 258 valence electrons. The number of carbonyl (C=O) groups excluding carboxylic acids is 2. The van der Waals surface area contributed by atoms with E-state index in [1.807, 2.05) is 80.8 Å². The Morgan fingerprint density at radius 2 is 1.88 bits per heavy atom. The van der Waals surface area contributed by atoms with Crippen LogP contribution in [0.25, 0.3) is 0 Å². The molecule has 6 atom stereocenters. The summed E-state index contributed by atoms with van der Waals surface area (Å²) >= 11 is 3.61. The zero-order chi connectivity index (χ0) is 35.1. The molecular weight excluding hydrogens is 706 g/mol. The molecule has 0 radical (unpaired) electrons. The number of halogens is 1. The number of hydrogen-bond acceptors (Lipinski definition) is 8. The number of amides is 2. The number of aromatic nitrogens is 3. The van der Waals surface area contributed by atoms with E-state index in [1.165, 1.54) is 6.92 Å². The van der Waals surface area contributed by atoms with Gasteiger partial charge in [0.25, 0.3) is 11.8 Å². The smallest absolute Gasteiger partial charge is 0.264 e. The molecule has 1 fully saturated rings. The van der Waals surface area contributed by atoms with E-state index >= 15 is 0 Å². The summed E-state index contributed by atoms with van der Waals surface area (Å²) in [6.45, 7) is 7.78. The highest BCUT2D eigenvalue weighted by atomic mass is 79.9. The molecule has 4 N–H and O–H groups in total. The molecule has 0 saturated carbocycles. The lowest BCUT2D eigenvalue weighted by atomic mass is 9.82. The van der Waals surface area contributed by atoms with Crippen LogP contribution in [0, 0.1) is 5.92 Å². The normalized spacial score (nSPS) is 23.1. The van der Waals surface area contributed by atoms with Gasteiger partial charge < -0.3 is 30.0 Å². The quantitative estimate of drug-likeness (QED) is 0.158. The van der Waals surface area contributed by atoms with Gasteiger partial charge in [0.15, 0.2) is 13.9 Å². The standard InChI is InChI=1S/C36H42BrN5O6Si/c1-22-33(49(3,4)47)32(15-16-41-20-30(39-40-41)28(21-43)25-10-6-5-7-11-25)48-36(22)29-18-26(37)13-14-31(29)42(35(36)46)19-24-9-8-12-27(17-24)38-34(45)23(2)44/h5-14,17-18,20,22-23,28,32-33,43-44,47H,15-16,19,21H2,1-4H3,(H,38,45)/t22-,23-,28?,32+,33-,36+/m0/s1. The van der Waals surface area contributed by atoms with E-state index in [0.29, 0.717) is 24.3 Å². The van der Waals surface area contributed by atoms with E-state index in [4.69, 9.17) is 4.74 Å². The van der Waals surface area contributed by atoms with Crippen molar-refractivity contribution in [3.05, 3.63) is 106 Å². The van der Waals surface area contributed by atoms with Crippen LogP contribution in [0.1, 0.15) is 48.6 Å². The van der Waals surface area contributed by atoms with E-state index < -0.39 is 32.0 Å². The van der Waals surface area contributed by atoms with Gasteiger partial charge >= 0.3 is 0 Å². The fraction of sp³-hybridized carbons (Fsp3) is 0.389. The van der Waals surface area contributed by atoms with Crippen molar-refractivity contribution in [3.8, 4) is 0 Å². The number of carbonyl (C=O) groups is 2. The van der Waals surface area contributed by atoms with Crippen LogP contribution in [0.4, 0.5) is 11.4 Å². The summed E-state index contributed by atoms with van der Waals surface area (Å²) in [5.74, 6) is -1.36. The average molecular weight is 749 g/mol. The van der Waals surface area contributed by atoms with Crippen LogP contribution in [-0.2, 0) is 33.0 Å². The van der Waals surface area contributed by atoms with Gasteiger partial charge in [-0.3, -0.25) is 14.3 Å². The molecule has 1 spiro atoms. The Morgan fingerprint density at radius 3 is 2.57 bits per heavy atom. The molecule has 6 rings (SSSR count). The monoisotopic (exact) mass is 747 g/mol. The Balaban J connectivity index is 1.28. The van der Waals surface area contributed by atoms with E-state index in [-0.39, 0.29) is 36.4 Å². The van der Waals surface area contributed by atoms with Gasteiger partial charge in [0.05, 0.1) is 36.6 Å². The molecule has 3 heterocycles. The first-order valence-electron chi connectivity index (χ1n) is 16.5. The van der Waals surface area contributed by atoms with Crippen LogP contribution >= 0.6 is 15.9 Å². The van der Waals surface area contributed by atoms with Gasteiger partial charge in [0.1, 0.15) is 6.10 Å². The van der Waals surface area contributed by atoms with Crippen molar-refractivity contribution in [2.24, 2.45) is 5.92 Å². The van der Waals surface area contributed by atoms with Gasteiger partial charge in [-0.25, -0.2) is 0 Å². The molecule has 2 aliphatic rings. The summed E-state index contributed by atoms with van der Waals surface area (Å²) < 4.78 is 9.52. The number of rotatable bonds is 11. The minimum atomic E-state index is -2.88. The number of hydrogen-bond donors (Lipinski definition) is 4. The number of anilines is 2. The van der Waals surface area contributed by atoms with E-state index in [1.54, 1.807) is 27.8 Å². The summed E-state index contributed by atoms with van der Waals surface area (Å²) in [4.78, 5) is 40.3. The van der Waals surface area contributed by atoms with Gasteiger partial charge in [-0.1, -0.05) is 70.5 Å². The van der Waals surface area contributed by atoms with Crippen molar-refractivity contribution >= 4 is 47.4 Å².